The van der Waals surface area contributed by atoms with E-state index in [1.807, 2.05) is 43.3 Å². The van der Waals surface area contributed by atoms with Crippen LogP contribution in [0.3, 0.4) is 0 Å². The van der Waals surface area contributed by atoms with Gasteiger partial charge in [-0.15, -0.1) is 0 Å². The largest absolute Gasteiger partial charge is 0.289 e. The molecule has 0 aliphatic heterocycles. The van der Waals surface area contributed by atoms with Gasteiger partial charge in [0, 0.05) is 11.1 Å². The number of fused-ring (bicyclic) bond motifs is 1. The van der Waals surface area contributed by atoms with Crippen LogP contribution in [0.2, 0.25) is 0 Å². The van der Waals surface area contributed by atoms with Gasteiger partial charge in [-0.25, -0.2) is 0 Å². The number of Topliss-reactive ketones (excluding diaryl/α,β-unsaturated/α-hetero) is 1. The van der Waals surface area contributed by atoms with Crippen LogP contribution >= 0.6 is 0 Å². The topological polar surface area (TPSA) is 17.1 Å². The van der Waals surface area contributed by atoms with E-state index in [2.05, 4.69) is 13.0 Å². The fraction of sp³-hybridized carbons (Fsp3) is 0.267. The highest BCUT2D eigenvalue weighted by atomic mass is 16.1. The van der Waals surface area contributed by atoms with Crippen LogP contribution in [0, 0.1) is 5.92 Å². The fourth-order valence-corrected chi connectivity index (χ4v) is 2.15. The standard InChI is InChI=1S/C15H16O/c1-3-6-11(2)9-13-10-12-7-4-5-8-14(12)15(13)16/h3-8,10-11H,9H2,1-2H3/b6-3-. The molecule has 1 unspecified atom stereocenters. The van der Waals surface area contributed by atoms with Gasteiger partial charge in [-0.05, 0) is 30.9 Å². The molecule has 1 aromatic carbocycles. The number of hydrogen-bond acceptors (Lipinski definition) is 1. The Morgan fingerprint density at radius 2 is 2.06 bits per heavy atom. The van der Waals surface area contributed by atoms with Crippen LogP contribution in [-0.4, -0.2) is 5.78 Å². The first-order valence-electron chi connectivity index (χ1n) is 5.69. The van der Waals surface area contributed by atoms with Crippen molar-refractivity contribution in [1.82, 2.24) is 0 Å². The molecule has 0 amide bonds. The highest BCUT2D eigenvalue weighted by Gasteiger charge is 2.22. The predicted molar refractivity (Wildman–Crippen MR) is 67.3 cm³/mol. The molecule has 16 heavy (non-hydrogen) atoms. The van der Waals surface area contributed by atoms with E-state index in [1.165, 1.54) is 0 Å². The minimum absolute atomic E-state index is 0.201. The molecule has 0 bridgehead atoms. The Balaban J connectivity index is 2.19. The molecule has 82 valence electrons. The van der Waals surface area contributed by atoms with E-state index in [-0.39, 0.29) is 5.78 Å². The average molecular weight is 212 g/mol. The van der Waals surface area contributed by atoms with Gasteiger partial charge in [0.25, 0.3) is 0 Å². The van der Waals surface area contributed by atoms with Crippen LogP contribution in [-0.2, 0) is 0 Å². The number of hydrogen-bond donors (Lipinski definition) is 0. The van der Waals surface area contributed by atoms with Gasteiger partial charge in [0.15, 0.2) is 5.78 Å². The van der Waals surface area contributed by atoms with Gasteiger partial charge in [0.2, 0.25) is 0 Å². The molecule has 2 rings (SSSR count). The monoisotopic (exact) mass is 212 g/mol. The summed E-state index contributed by atoms with van der Waals surface area (Å²) in [6.45, 7) is 4.15. The lowest BCUT2D eigenvalue weighted by molar-refractivity contribution is 0.103. The van der Waals surface area contributed by atoms with Gasteiger partial charge in [0.05, 0.1) is 0 Å². The second kappa shape index (κ2) is 4.48. The summed E-state index contributed by atoms with van der Waals surface area (Å²) in [5, 5.41) is 0. The van der Waals surface area contributed by atoms with Crippen molar-refractivity contribution in [3.63, 3.8) is 0 Å². The van der Waals surface area contributed by atoms with Crippen LogP contribution in [0.1, 0.15) is 36.2 Å². The van der Waals surface area contributed by atoms with Crippen molar-refractivity contribution in [3.8, 4) is 0 Å². The smallest absolute Gasteiger partial charge is 0.189 e. The zero-order chi connectivity index (χ0) is 11.5. The van der Waals surface area contributed by atoms with Gasteiger partial charge in [-0.2, -0.15) is 0 Å². The van der Waals surface area contributed by atoms with Gasteiger partial charge in [-0.3, -0.25) is 4.79 Å². The molecule has 0 aromatic heterocycles. The third kappa shape index (κ3) is 1.99. The molecule has 1 aliphatic carbocycles. The van der Waals surface area contributed by atoms with Crippen LogP contribution in [0.4, 0.5) is 0 Å². The zero-order valence-electron chi connectivity index (χ0n) is 9.73. The Kier molecular flexibility index (Phi) is 3.04. The molecular weight excluding hydrogens is 196 g/mol. The van der Waals surface area contributed by atoms with Crippen LogP contribution in [0.25, 0.3) is 6.08 Å². The van der Waals surface area contributed by atoms with E-state index in [0.29, 0.717) is 5.92 Å². The van der Waals surface area contributed by atoms with E-state index >= 15 is 0 Å². The first-order chi connectivity index (χ1) is 7.72. The molecule has 0 saturated heterocycles. The van der Waals surface area contributed by atoms with Crippen LogP contribution in [0.5, 0.6) is 0 Å². The molecule has 1 heteroatoms. The van der Waals surface area contributed by atoms with Crippen molar-refractivity contribution in [3.05, 3.63) is 53.1 Å². The Morgan fingerprint density at radius 1 is 1.31 bits per heavy atom. The Morgan fingerprint density at radius 3 is 2.75 bits per heavy atom. The van der Waals surface area contributed by atoms with E-state index in [9.17, 15) is 4.79 Å². The first kappa shape index (κ1) is 10.9. The minimum atomic E-state index is 0.201. The van der Waals surface area contributed by atoms with Crippen molar-refractivity contribution >= 4 is 11.9 Å². The van der Waals surface area contributed by atoms with Gasteiger partial charge in [0.1, 0.15) is 0 Å². The second-order valence-electron chi connectivity index (χ2n) is 4.29. The minimum Gasteiger partial charge on any atom is -0.289 e. The van der Waals surface area contributed by atoms with Gasteiger partial charge < -0.3 is 0 Å². The van der Waals surface area contributed by atoms with E-state index in [1.54, 1.807) is 0 Å². The highest BCUT2D eigenvalue weighted by Crippen LogP contribution is 2.28. The lowest BCUT2D eigenvalue weighted by Crippen LogP contribution is -2.02. The number of rotatable bonds is 3. The Labute approximate surface area is 96.5 Å². The maximum atomic E-state index is 12.0. The Bertz CT molecular complexity index is 466. The maximum absolute atomic E-state index is 12.0. The number of carbonyl (C=O) groups is 1. The quantitative estimate of drug-likeness (QED) is 0.695. The molecule has 0 radical (unpaired) electrons. The molecule has 1 atom stereocenters. The highest BCUT2D eigenvalue weighted by molar-refractivity contribution is 6.17. The molecular formula is C15H16O. The van der Waals surface area contributed by atoms with Crippen molar-refractivity contribution in [2.45, 2.75) is 20.3 Å². The van der Waals surface area contributed by atoms with E-state index in [0.717, 1.165) is 23.1 Å². The molecule has 1 aliphatic rings. The third-order valence-corrected chi connectivity index (χ3v) is 2.89. The lowest BCUT2D eigenvalue weighted by atomic mass is 9.98. The summed E-state index contributed by atoms with van der Waals surface area (Å²) in [6, 6.07) is 7.80. The number of allylic oxidation sites excluding steroid dienone is 3. The molecule has 0 fully saturated rings. The number of carbonyl (C=O) groups excluding carboxylic acids is 1. The first-order valence-corrected chi connectivity index (χ1v) is 5.69. The Hall–Kier alpha value is -1.63. The summed E-state index contributed by atoms with van der Waals surface area (Å²) >= 11 is 0. The van der Waals surface area contributed by atoms with Crippen molar-refractivity contribution in [2.75, 3.05) is 0 Å². The van der Waals surface area contributed by atoms with Crippen molar-refractivity contribution in [2.24, 2.45) is 5.92 Å². The van der Waals surface area contributed by atoms with Crippen LogP contribution in [0.15, 0.2) is 42.0 Å². The van der Waals surface area contributed by atoms with Gasteiger partial charge >= 0.3 is 0 Å². The lowest BCUT2D eigenvalue weighted by Gasteiger charge is -2.05. The average Bonchev–Trinajstić information content (AvgIpc) is 2.57. The van der Waals surface area contributed by atoms with Gasteiger partial charge in [-0.1, -0.05) is 43.3 Å². The molecule has 1 aromatic rings. The van der Waals surface area contributed by atoms with Crippen molar-refractivity contribution < 1.29 is 4.79 Å². The van der Waals surface area contributed by atoms with E-state index in [4.69, 9.17) is 0 Å². The molecule has 0 saturated carbocycles. The summed E-state index contributed by atoms with van der Waals surface area (Å²) in [5.41, 5.74) is 2.85. The summed E-state index contributed by atoms with van der Waals surface area (Å²) in [4.78, 5) is 12.0. The summed E-state index contributed by atoms with van der Waals surface area (Å²) in [7, 11) is 0. The summed E-state index contributed by atoms with van der Waals surface area (Å²) < 4.78 is 0. The fourth-order valence-electron chi connectivity index (χ4n) is 2.15. The van der Waals surface area contributed by atoms with Crippen LogP contribution < -0.4 is 0 Å². The maximum Gasteiger partial charge on any atom is 0.189 e. The molecule has 0 N–H and O–H groups in total. The molecule has 1 nitrogen and oxygen atoms in total. The second-order valence-corrected chi connectivity index (χ2v) is 4.29. The summed E-state index contributed by atoms with van der Waals surface area (Å²) in [6.07, 6.45) is 7.03. The third-order valence-electron chi connectivity index (χ3n) is 2.89. The SMILES string of the molecule is C/C=C\C(C)CC1=Cc2ccccc2C1=O. The molecule has 0 heterocycles. The molecule has 0 spiro atoms. The zero-order valence-corrected chi connectivity index (χ0v) is 9.73. The number of benzene rings is 1. The number of ketones is 1. The summed E-state index contributed by atoms with van der Waals surface area (Å²) in [5.74, 6) is 0.626. The van der Waals surface area contributed by atoms with E-state index < -0.39 is 0 Å². The van der Waals surface area contributed by atoms with Crippen molar-refractivity contribution in [1.29, 1.82) is 0 Å². The predicted octanol–water partition coefficient (Wildman–Crippen LogP) is 3.87. The normalized spacial score (nSPS) is 16.4.